The lowest BCUT2D eigenvalue weighted by atomic mass is 9.84. The van der Waals surface area contributed by atoms with E-state index in [2.05, 4.69) is 15.3 Å². The van der Waals surface area contributed by atoms with Gasteiger partial charge in [0.15, 0.2) is 5.69 Å². The summed E-state index contributed by atoms with van der Waals surface area (Å²) in [5.41, 5.74) is 0.435. The Kier molecular flexibility index (Phi) is 3.89. The molecule has 3 fully saturated rings. The molecule has 4 rings (SSSR count). The molecule has 6 nitrogen and oxygen atoms in total. The first kappa shape index (κ1) is 14.4. The number of nitrogens with zero attached hydrogens (tertiary/aromatic N) is 3. The van der Waals surface area contributed by atoms with Gasteiger partial charge in [-0.3, -0.25) is 4.79 Å². The zero-order chi connectivity index (χ0) is 15.0. The number of carbonyl (C=O) groups excluding carboxylic acids is 1. The van der Waals surface area contributed by atoms with Gasteiger partial charge in [0.1, 0.15) is 0 Å². The molecule has 1 aromatic heterocycles. The molecule has 1 atom stereocenters. The minimum absolute atomic E-state index is 0.0678. The first-order chi connectivity index (χ1) is 10.0. The van der Waals surface area contributed by atoms with Gasteiger partial charge in [-0.05, 0) is 45.7 Å². The maximum absolute atomic E-state index is 12.4. The predicted octanol–water partition coefficient (Wildman–Crippen LogP) is 1.03. The van der Waals surface area contributed by atoms with E-state index in [9.17, 15) is 4.79 Å². The van der Waals surface area contributed by atoms with Crippen molar-refractivity contribution in [2.24, 2.45) is 13.0 Å². The van der Waals surface area contributed by atoms with Crippen molar-refractivity contribution in [1.29, 1.82) is 0 Å². The number of aryl methyl sites for hydroxylation is 1. The van der Waals surface area contributed by atoms with Gasteiger partial charge >= 0.3 is 0 Å². The molecule has 3 aliphatic heterocycles. The standard InChI is InChI=1S/C15H24N4O2/c1-10(2)21-14-8-12(17-18(14)3)15(20)16-13-9-19-6-4-11(13)5-7-19/h8,10-11,13H,4-7,9H2,1-3H3,(H,16,20). The largest absolute Gasteiger partial charge is 0.475 e. The lowest BCUT2D eigenvalue weighted by Gasteiger charge is -2.44. The molecule has 3 aliphatic rings. The van der Waals surface area contributed by atoms with Gasteiger partial charge < -0.3 is 15.0 Å². The topological polar surface area (TPSA) is 59.4 Å². The second-order valence-electron chi connectivity index (χ2n) is 6.38. The highest BCUT2D eigenvalue weighted by Gasteiger charge is 2.35. The number of nitrogens with one attached hydrogen (secondary N) is 1. The molecule has 1 amide bonds. The Balaban J connectivity index is 1.65. The van der Waals surface area contributed by atoms with Gasteiger partial charge in [-0.15, -0.1) is 0 Å². The van der Waals surface area contributed by atoms with Crippen LogP contribution >= 0.6 is 0 Å². The number of aromatic nitrogens is 2. The number of carbonyl (C=O) groups is 1. The molecular weight excluding hydrogens is 268 g/mol. The number of hydrogen-bond acceptors (Lipinski definition) is 4. The lowest BCUT2D eigenvalue weighted by molar-refractivity contribution is 0.0617. The van der Waals surface area contributed by atoms with Gasteiger partial charge in [0.25, 0.3) is 5.91 Å². The van der Waals surface area contributed by atoms with Gasteiger partial charge in [-0.2, -0.15) is 5.10 Å². The monoisotopic (exact) mass is 292 g/mol. The van der Waals surface area contributed by atoms with Crippen LogP contribution in [0, 0.1) is 5.92 Å². The molecule has 116 valence electrons. The highest BCUT2D eigenvalue weighted by Crippen LogP contribution is 2.27. The molecule has 6 heteroatoms. The Labute approximate surface area is 125 Å². The summed E-state index contributed by atoms with van der Waals surface area (Å²) in [6.45, 7) is 7.23. The third kappa shape index (κ3) is 3.05. The van der Waals surface area contributed by atoms with E-state index in [1.165, 1.54) is 25.9 Å². The molecule has 0 saturated carbocycles. The first-order valence-electron chi connectivity index (χ1n) is 7.77. The number of fused-ring (bicyclic) bond motifs is 3. The van der Waals surface area contributed by atoms with E-state index in [0.717, 1.165) is 6.54 Å². The molecule has 0 aromatic carbocycles. The summed E-state index contributed by atoms with van der Waals surface area (Å²) in [6, 6.07) is 1.98. The van der Waals surface area contributed by atoms with Gasteiger partial charge in [-0.25, -0.2) is 4.68 Å². The van der Waals surface area contributed by atoms with Crippen LogP contribution in [0.25, 0.3) is 0 Å². The average Bonchev–Trinajstić information content (AvgIpc) is 2.81. The first-order valence-corrected chi connectivity index (χ1v) is 7.77. The summed E-state index contributed by atoms with van der Waals surface area (Å²) >= 11 is 0. The summed E-state index contributed by atoms with van der Waals surface area (Å²) in [5.74, 6) is 1.15. The van der Waals surface area contributed by atoms with Crippen molar-refractivity contribution >= 4 is 5.91 Å². The molecule has 1 unspecified atom stereocenters. The Morgan fingerprint density at radius 3 is 2.71 bits per heavy atom. The summed E-state index contributed by atoms with van der Waals surface area (Å²) in [5, 5.41) is 7.41. The van der Waals surface area contributed by atoms with Gasteiger partial charge in [0.2, 0.25) is 5.88 Å². The molecular formula is C15H24N4O2. The number of ether oxygens (including phenoxy) is 1. The van der Waals surface area contributed by atoms with E-state index in [-0.39, 0.29) is 18.1 Å². The quantitative estimate of drug-likeness (QED) is 0.900. The average molecular weight is 292 g/mol. The number of amides is 1. The van der Waals surface area contributed by atoms with E-state index in [1.54, 1.807) is 17.8 Å². The Bertz CT molecular complexity index is 518. The normalized spacial score (nSPS) is 27.9. The van der Waals surface area contributed by atoms with Gasteiger partial charge in [0, 0.05) is 25.7 Å². The maximum atomic E-state index is 12.4. The van der Waals surface area contributed by atoms with Crippen LogP contribution in [0.1, 0.15) is 37.2 Å². The van der Waals surface area contributed by atoms with Gasteiger partial charge in [0.05, 0.1) is 6.10 Å². The van der Waals surface area contributed by atoms with Crippen molar-refractivity contribution in [2.45, 2.75) is 38.8 Å². The third-order valence-corrected chi connectivity index (χ3v) is 4.40. The minimum Gasteiger partial charge on any atom is -0.475 e. The SMILES string of the molecule is CC(C)Oc1cc(C(=O)NC2CN3CCC2CC3)nn1C. The summed E-state index contributed by atoms with van der Waals surface area (Å²) in [4.78, 5) is 14.8. The van der Waals surface area contributed by atoms with E-state index < -0.39 is 0 Å². The van der Waals surface area contributed by atoms with Crippen molar-refractivity contribution in [1.82, 2.24) is 20.0 Å². The third-order valence-electron chi connectivity index (χ3n) is 4.40. The fourth-order valence-electron chi connectivity index (χ4n) is 3.28. The van der Waals surface area contributed by atoms with Crippen LogP contribution in [0.2, 0.25) is 0 Å². The van der Waals surface area contributed by atoms with Crippen LogP contribution in [0.3, 0.4) is 0 Å². The molecule has 0 aliphatic carbocycles. The summed E-state index contributed by atoms with van der Waals surface area (Å²) in [6.07, 6.45) is 2.45. The Hall–Kier alpha value is -1.56. The molecule has 0 spiro atoms. The van der Waals surface area contributed by atoms with Crippen molar-refractivity contribution < 1.29 is 9.53 Å². The lowest BCUT2D eigenvalue weighted by Crippen LogP contribution is -2.57. The minimum atomic E-state index is -0.0945. The highest BCUT2D eigenvalue weighted by molar-refractivity contribution is 5.92. The zero-order valence-corrected chi connectivity index (χ0v) is 13.0. The maximum Gasteiger partial charge on any atom is 0.272 e. The molecule has 3 saturated heterocycles. The Morgan fingerprint density at radius 1 is 1.43 bits per heavy atom. The van der Waals surface area contributed by atoms with Gasteiger partial charge in [-0.1, -0.05) is 0 Å². The van der Waals surface area contributed by atoms with Crippen LogP contribution in [-0.2, 0) is 7.05 Å². The van der Waals surface area contributed by atoms with Crippen LogP contribution in [0.4, 0.5) is 0 Å². The van der Waals surface area contributed by atoms with Crippen LogP contribution in [0.5, 0.6) is 5.88 Å². The number of hydrogen-bond donors (Lipinski definition) is 1. The van der Waals surface area contributed by atoms with Crippen LogP contribution < -0.4 is 10.1 Å². The molecule has 4 heterocycles. The van der Waals surface area contributed by atoms with Crippen molar-refractivity contribution in [3.63, 3.8) is 0 Å². The number of piperidine rings is 3. The number of rotatable bonds is 4. The van der Waals surface area contributed by atoms with Crippen molar-refractivity contribution in [3.05, 3.63) is 11.8 Å². The Morgan fingerprint density at radius 2 is 2.14 bits per heavy atom. The second kappa shape index (κ2) is 5.67. The summed E-state index contributed by atoms with van der Waals surface area (Å²) < 4.78 is 7.24. The molecule has 0 radical (unpaired) electrons. The van der Waals surface area contributed by atoms with Crippen LogP contribution in [0.15, 0.2) is 6.07 Å². The molecule has 21 heavy (non-hydrogen) atoms. The predicted molar refractivity (Wildman–Crippen MR) is 79.4 cm³/mol. The van der Waals surface area contributed by atoms with Crippen LogP contribution in [-0.4, -0.2) is 52.4 Å². The smallest absolute Gasteiger partial charge is 0.272 e. The fourth-order valence-corrected chi connectivity index (χ4v) is 3.28. The highest BCUT2D eigenvalue weighted by atomic mass is 16.5. The van der Waals surface area contributed by atoms with Crippen molar-refractivity contribution in [3.8, 4) is 5.88 Å². The zero-order valence-electron chi connectivity index (χ0n) is 13.0. The fraction of sp³-hybridized carbons (Fsp3) is 0.733. The van der Waals surface area contributed by atoms with Crippen molar-refractivity contribution in [2.75, 3.05) is 19.6 Å². The van der Waals surface area contributed by atoms with E-state index in [4.69, 9.17) is 4.74 Å². The molecule has 2 bridgehead atoms. The summed E-state index contributed by atoms with van der Waals surface area (Å²) in [7, 11) is 1.79. The van der Waals surface area contributed by atoms with E-state index in [0.29, 0.717) is 17.5 Å². The van der Waals surface area contributed by atoms with E-state index in [1.807, 2.05) is 13.8 Å². The molecule has 1 N–H and O–H groups in total. The second-order valence-corrected chi connectivity index (χ2v) is 6.38. The van der Waals surface area contributed by atoms with E-state index >= 15 is 0 Å². The molecule has 1 aromatic rings.